The molecule has 0 bridgehead atoms. The Hall–Kier alpha value is -1.20. The van der Waals surface area contributed by atoms with Crippen molar-refractivity contribution in [2.75, 3.05) is 12.3 Å². The molecule has 1 fully saturated rings. The molecule has 2 rings (SSSR count). The number of benzene rings is 1. The van der Waals surface area contributed by atoms with Gasteiger partial charge < -0.3 is 4.90 Å². The van der Waals surface area contributed by atoms with Crippen LogP contribution in [0.2, 0.25) is 0 Å². The van der Waals surface area contributed by atoms with Crippen molar-refractivity contribution < 1.29 is 0 Å². The van der Waals surface area contributed by atoms with Crippen molar-refractivity contribution in [3.8, 4) is 0 Å². The predicted octanol–water partition coefficient (Wildman–Crippen LogP) is 1.96. The van der Waals surface area contributed by atoms with Crippen LogP contribution in [-0.2, 0) is 0 Å². The first-order valence-electron chi connectivity index (χ1n) is 6.21. The molecule has 1 aromatic carbocycles. The number of aliphatic imine (C=N–C) groups is 1. The number of hydrazine groups is 1. The molecule has 98 valence electrons. The Balaban J connectivity index is 2.20. The van der Waals surface area contributed by atoms with E-state index in [0.29, 0.717) is 11.3 Å². The molecule has 0 aromatic heterocycles. The van der Waals surface area contributed by atoms with Crippen LogP contribution in [0.4, 0.5) is 5.69 Å². The highest BCUT2D eigenvalue weighted by Crippen LogP contribution is 2.24. The Morgan fingerprint density at radius 2 is 2.11 bits per heavy atom. The third-order valence-electron chi connectivity index (χ3n) is 3.28. The normalized spacial score (nSPS) is 25.1. The second kappa shape index (κ2) is 6.11. The van der Waals surface area contributed by atoms with E-state index in [1.54, 1.807) is 0 Å². The van der Waals surface area contributed by atoms with Crippen LogP contribution in [0.15, 0.2) is 35.3 Å². The molecule has 1 aliphatic heterocycles. The molecule has 5 heteroatoms. The quantitative estimate of drug-likeness (QED) is 0.352. The molecule has 2 atom stereocenters. The van der Waals surface area contributed by atoms with Gasteiger partial charge in [0.25, 0.3) is 0 Å². The van der Waals surface area contributed by atoms with Crippen molar-refractivity contribution in [1.82, 2.24) is 10.3 Å². The lowest BCUT2D eigenvalue weighted by Crippen LogP contribution is -2.54. The van der Waals surface area contributed by atoms with E-state index in [4.69, 9.17) is 5.84 Å². The Morgan fingerprint density at radius 3 is 2.78 bits per heavy atom. The molecule has 0 radical (unpaired) electrons. The number of nitrogens with two attached hydrogens (primary N) is 1. The first kappa shape index (κ1) is 13.2. The number of hydrogen-bond donors (Lipinski definition) is 2. The maximum Gasteiger partial charge on any atom is 0.213 e. The number of hydrogen-bond acceptors (Lipinski definition) is 3. The van der Waals surface area contributed by atoms with Gasteiger partial charge in [-0.25, -0.2) is 10.8 Å². The topological polar surface area (TPSA) is 53.6 Å². The zero-order valence-electron chi connectivity index (χ0n) is 10.8. The minimum absolute atomic E-state index is 0.433. The van der Waals surface area contributed by atoms with Crippen LogP contribution in [0.1, 0.15) is 13.8 Å². The first-order chi connectivity index (χ1) is 8.72. The number of rotatable bonds is 1. The Morgan fingerprint density at radius 1 is 1.39 bits per heavy atom. The zero-order valence-corrected chi connectivity index (χ0v) is 11.7. The van der Waals surface area contributed by atoms with Crippen LogP contribution in [0, 0.1) is 0 Å². The monoisotopic (exact) mass is 264 g/mol. The Bertz CT molecular complexity index is 407. The van der Waals surface area contributed by atoms with Crippen LogP contribution in [0.3, 0.4) is 0 Å². The molecule has 1 saturated heterocycles. The Kier molecular flexibility index (Phi) is 4.49. The van der Waals surface area contributed by atoms with Crippen molar-refractivity contribution >= 4 is 23.4 Å². The third-order valence-corrected chi connectivity index (χ3v) is 4.61. The maximum absolute atomic E-state index is 5.63. The van der Waals surface area contributed by atoms with Gasteiger partial charge in [0.2, 0.25) is 5.96 Å². The molecule has 0 amide bonds. The largest absolute Gasteiger partial charge is 0.337 e. The third kappa shape index (κ3) is 2.97. The van der Waals surface area contributed by atoms with E-state index in [9.17, 15) is 0 Å². The highest BCUT2D eigenvalue weighted by Gasteiger charge is 2.27. The molecule has 0 saturated carbocycles. The minimum Gasteiger partial charge on any atom is -0.337 e. The lowest BCUT2D eigenvalue weighted by Gasteiger charge is -2.39. The van der Waals surface area contributed by atoms with Gasteiger partial charge in [0.15, 0.2) is 0 Å². The highest BCUT2D eigenvalue weighted by atomic mass is 32.2. The van der Waals surface area contributed by atoms with Gasteiger partial charge in [0, 0.05) is 23.6 Å². The predicted molar refractivity (Wildman–Crippen MR) is 78.9 cm³/mol. The fraction of sp³-hybridized carbons (Fsp3) is 0.462. The van der Waals surface area contributed by atoms with Crippen LogP contribution < -0.4 is 11.3 Å². The van der Waals surface area contributed by atoms with Gasteiger partial charge in [-0.05, 0) is 19.1 Å². The highest BCUT2D eigenvalue weighted by molar-refractivity contribution is 8.00. The van der Waals surface area contributed by atoms with Crippen molar-refractivity contribution in [2.45, 2.75) is 25.1 Å². The van der Waals surface area contributed by atoms with Crippen molar-refractivity contribution in [3.05, 3.63) is 30.3 Å². The first-order valence-corrected chi connectivity index (χ1v) is 7.26. The second-order valence-electron chi connectivity index (χ2n) is 4.43. The van der Waals surface area contributed by atoms with E-state index in [2.05, 4.69) is 29.2 Å². The molecule has 1 aliphatic rings. The summed E-state index contributed by atoms with van der Waals surface area (Å²) < 4.78 is 0. The van der Waals surface area contributed by atoms with Gasteiger partial charge in [0.1, 0.15) is 0 Å². The second-order valence-corrected chi connectivity index (χ2v) is 5.91. The van der Waals surface area contributed by atoms with E-state index < -0.39 is 0 Å². The zero-order chi connectivity index (χ0) is 13.0. The minimum atomic E-state index is 0.433. The van der Waals surface area contributed by atoms with Crippen molar-refractivity contribution in [1.29, 1.82) is 0 Å². The number of nitrogens with one attached hydrogen (secondary N) is 1. The van der Waals surface area contributed by atoms with E-state index in [1.165, 1.54) is 0 Å². The molecular weight excluding hydrogens is 244 g/mol. The van der Waals surface area contributed by atoms with E-state index in [1.807, 2.05) is 42.1 Å². The fourth-order valence-electron chi connectivity index (χ4n) is 2.04. The summed E-state index contributed by atoms with van der Waals surface area (Å²) in [7, 11) is 0. The van der Waals surface area contributed by atoms with E-state index in [0.717, 1.165) is 23.9 Å². The van der Waals surface area contributed by atoms with E-state index >= 15 is 0 Å². The number of thioether (sulfide) groups is 1. The summed E-state index contributed by atoms with van der Waals surface area (Å²) in [5.74, 6) is 7.49. The SMILES string of the molecule is CC1SCCN(C(=Nc2ccccc2)NN)C1C. The van der Waals surface area contributed by atoms with Gasteiger partial charge in [0.05, 0.1) is 5.69 Å². The van der Waals surface area contributed by atoms with Gasteiger partial charge in [-0.2, -0.15) is 11.8 Å². The van der Waals surface area contributed by atoms with Crippen LogP contribution in [-0.4, -0.2) is 34.4 Å². The van der Waals surface area contributed by atoms with Crippen LogP contribution in [0.5, 0.6) is 0 Å². The van der Waals surface area contributed by atoms with Crippen molar-refractivity contribution in [3.63, 3.8) is 0 Å². The van der Waals surface area contributed by atoms with Crippen LogP contribution >= 0.6 is 11.8 Å². The Labute approximate surface area is 113 Å². The number of para-hydroxylation sites is 1. The molecular formula is C13H20N4S. The summed E-state index contributed by atoms with van der Waals surface area (Å²) in [6.45, 7) is 5.44. The average Bonchev–Trinajstić information content (AvgIpc) is 2.41. The maximum atomic E-state index is 5.63. The number of nitrogens with zero attached hydrogens (tertiary/aromatic N) is 2. The summed E-state index contributed by atoms with van der Waals surface area (Å²) in [5, 5.41) is 0.591. The van der Waals surface area contributed by atoms with Gasteiger partial charge in [-0.15, -0.1) is 0 Å². The molecule has 3 N–H and O–H groups in total. The lowest BCUT2D eigenvalue weighted by molar-refractivity contribution is 0.324. The summed E-state index contributed by atoms with van der Waals surface area (Å²) >= 11 is 2.00. The molecule has 0 spiro atoms. The summed E-state index contributed by atoms with van der Waals surface area (Å²) in [6.07, 6.45) is 0. The summed E-state index contributed by atoms with van der Waals surface area (Å²) in [6, 6.07) is 10.3. The van der Waals surface area contributed by atoms with E-state index in [-0.39, 0.29) is 0 Å². The molecule has 2 unspecified atom stereocenters. The molecule has 4 nitrogen and oxygen atoms in total. The summed E-state index contributed by atoms with van der Waals surface area (Å²) in [4.78, 5) is 6.83. The van der Waals surface area contributed by atoms with Gasteiger partial charge >= 0.3 is 0 Å². The molecule has 1 aromatic rings. The average molecular weight is 264 g/mol. The van der Waals surface area contributed by atoms with Crippen LogP contribution in [0.25, 0.3) is 0 Å². The molecule has 0 aliphatic carbocycles. The molecule has 18 heavy (non-hydrogen) atoms. The smallest absolute Gasteiger partial charge is 0.213 e. The fourth-order valence-corrected chi connectivity index (χ4v) is 3.14. The van der Waals surface area contributed by atoms with Gasteiger partial charge in [-0.1, -0.05) is 25.1 Å². The lowest BCUT2D eigenvalue weighted by atomic mass is 10.2. The van der Waals surface area contributed by atoms with Crippen molar-refractivity contribution in [2.24, 2.45) is 10.8 Å². The summed E-state index contributed by atoms with van der Waals surface area (Å²) in [5.41, 5.74) is 3.66. The van der Waals surface area contributed by atoms with Gasteiger partial charge in [-0.3, -0.25) is 5.43 Å². The molecule has 1 heterocycles. The standard InChI is InChI=1S/C13H20N4S/c1-10-11(2)18-9-8-17(10)13(16-14)15-12-6-4-3-5-7-12/h3-7,10-11H,8-9,14H2,1-2H3,(H,15,16). The number of guanidine groups is 1.